The third kappa shape index (κ3) is 13.1. The van der Waals surface area contributed by atoms with Crippen LogP contribution in [0, 0.1) is 20.2 Å². The summed E-state index contributed by atoms with van der Waals surface area (Å²) in [5, 5.41) is 24.5. The number of nitrogens with two attached hydrogens (primary N) is 1. The van der Waals surface area contributed by atoms with Crippen LogP contribution in [0.4, 0.5) is 0 Å². The fourth-order valence-electron chi connectivity index (χ4n) is 2.26. The Balaban J connectivity index is 0. The average molecular weight is 556 g/mol. The first-order valence-electron chi connectivity index (χ1n) is 8.79. The summed E-state index contributed by atoms with van der Waals surface area (Å²) in [4.78, 5) is 27.1. The number of likely N-dealkylation sites (N-methyl/N-ethyl adjacent to an activating group) is 1. The Bertz CT molecular complexity index is 1030. The maximum Gasteiger partial charge on any atom is 0.253 e. The second kappa shape index (κ2) is 16.9. The van der Waals surface area contributed by atoms with Gasteiger partial charge in [-0.25, -0.2) is 9.97 Å². The molecule has 0 saturated carbocycles. The summed E-state index contributed by atoms with van der Waals surface area (Å²) >= 11 is 22.8. The Morgan fingerprint density at radius 2 is 1.38 bits per heavy atom. The number of halogens is 4. The summed E-state index contributed by atoms with van der Waals surface area (Å²) in [5.41, 5.74) is 7.46. The number of allylic oxidation sites excluding steroid dienone is 2. The normalized spacial score (nSPS) is 10.7. The highest BCUT2D eigenvalue weighted by Gasteiger charge is 2.07. The summed E-state index contributed by atoms with van der Waals surface area (Å²) in [7, 11) is 0. The van der Waals surface area contributed by atoms with E-state index in [2.05, 4.69) is 15.3 Å². The van der Waals surface area contributed by atoms with Crippen LogP contribution >= 0.6 is 46.4 Å². The molecule has 0 aliphatic carbocycles. The zero-order valence-corrected chi connectivity index (χ0v) is 19.6. The molecule has 3 N–H and O–H groups in total. The lowest BCUT2D eigenvalue weighted by atomic mass is 10.1. The van der Waals surface area contributed by atoms with Crippen molar-refractivity contribution in [1.82, 2.24) is 15.3 Å². The van der Waals surface area contributed by atoms with Crippen molar-refractivity contribution in [3.05, 3.63) is 100 Å². The van der Waals surface area contributed by atoms with E-state index in [0.29, 0.717) is 34.3 Å². The van der Waals surface area contributed by atoms with Crippen LogP contribution < -0.4 is 11.1 Å². The number of pyridine rings is 2. The van der Waals surface area contributed by atoms with E-state index in [1.54, 1.807) is 18.3 Å². The molecule has 34 heavy (non-hydrogen) atoms. The van der Waals surface area contributed by atoms with Gasteiger partial charge < -0.3 is 11.1 Å². The van der Waals surface area contributed by atoms with Crippen molar-refractivity contribution in [1.29, 1.82) is 0 Å². The minimum atomic E-state index is -0.611. The van der Waals surface area contributed by atoms with Gasteiger partial charge in [0.05, 0.1) is 31.3 Å². The van der Waals surface area contributed by atoms with Crippen LogP contribution in [-0.2, 0) is 12.8 Å². The molecule has 10 nitrogen and oxygen atoms in total. The average Bonchev–Trinajstić information content (AvgIpc) is 2.67. The van der Waals surface area contributed by atoms with Crippen molar-refractivity contribution in [3.63, 3.8) is 0 Å². The molecule has 188 valence electrons. The highest BCUT2D eigenvalue weighted by molar-refractivity contribution is 6.41. The maximum atomic E-state index is 10.4. The van der Waals surface area contributed by atoms with E-state index >= 15 is 0 Å². The molecule has 0 amide bonds. The first-order valence-corrected chi connectivity index (χ1v) is 10.3. The molecule has 0 aliphatic rings. The van der Waals surface area contributed by atoms with Gasteiger partial charge in [-0.15, -0.1) is 0 Å². The van der Waals surface area contributed by atoms with E-state index in [-0.39, 0.29) is 37.3 Å². The first-order chi connectivity index (χ1) is 15.0. The van der Waals surface area contributed by atoms with Crippen molar-refractivity contribution in [2.24, 2.45) is 5.73 Å². The van der Waals surface area contributed by atoms with Crippen molar-refractivity contribution in [2.75, 3.05) is 6.54 Å². The molecule has 14 heteroatoms. The van der Waals surface area contributed by atoms with Crippen LogP contribution in [0.5, 0.6) is 0 Å². The molecule has 0 saturated heterocycles. The molecule has 0 aliphatic heterocycles. The molecular formula is C20H26Cl4N6O4. The van der Waals surface area contributed by atoms with Gasteiger partial charge in [0.2, 0.25) is 0 Å². The van der Waals surface area contributed by atoms with E-state index in [9.17, 15) is 20.2 Å². The SMILES string of the molecule is C.C.CCN/C(=C\[N+](=O)[O-])Cc1cnc(Cl)c(Cl)c1.N/C(=C\[N+](=O)[O-])Cc1cnc(Cl)c(Cl)c1. The third-order valence-corrected chi connectivity index (χ3v) is 4.82. The monoisotopic (exact) mass is 554 g/mol. The second-order valence-electron chi connectivity index (χ2n) is 6.05. The number of aromatic nitrogens is 2. The summed E-state index contributed by atoms with van der Waals surface area (Å²) < 4.78 is 0. The standard InChI is InChI=1S/C10H11Cl2N3O2.C8H7Cl2N3O2.2CH4/c1-2-13-8(6-15(16)17)3-7-4-9(11)10(12)14-5-7;9-7-2-5(3-12-8(7)10)1-6(11)4-13(14)15;;/h4-6,13H,2-3H2,1H3;2-4H,1,11H2;2*1H4/b8-6-;6-4-;;. The van der Waals surface area contributed by atoms with E-state index < -0.39 is 9.85 Å². The van der Waals surface area contributed by atoms with Gasteiger partial charge in [0, 0.05) is 31.8 Å². The maximum absolute atomic E-state index is 10.4. The lowest BCUT2D eigenvalue weighted by Gasteiger charge is -2.06. The van der Waals surface area contributed by atoms with Crippen molar-refractivity contribution in [2.45, 2.75) is 34.6 Å². The van der Waals surface area contributed by atoms with Gasteiger partial charge in [0.25, 0.3) is 12.4 Å². The van der Waals surface area contributed by atoms with Crippen LogP contribution in [-0.4, -0.2) is 26.4 Å². The highest BCUT2D eigenvalue weighted by Crippen LogP contribution is 2.21. The van der Waals surface area contributed by atoms with Gasteiger partial charge in [-0.1, -0.05) is 61.3 Å². The Hall–Kier alpha value is -2.66. The number of hydrogen-bond donors (Lipinski definition) is 2. The summed E-state index contributed by atoms with van der Waals surface area (Å²) in [6.45, 7) is 2.47. The zero-order chi connectivity index (χ0) is 24.3. The second-order valence-corrected chi connectivity index (χ2v) is 7.58. The molecule has 0 aromatic carbocycles. The van der Waals surface area contributed by atoms with Crippen LogP contribution in [0.15, 0.2) is 48.3 Å². The molecule has 0 atom stereocenters. The Morgan fingerprint density at radius 1 is 0.941 bits per heavy atom. The minimum Gasteiger partial charge on any atom is -0.397 e. The molecule has 2 heterocycles. The van der Waals surface area contributed by atoms with Crippen LogP contribution in [0.1, 0.15) is 32.9 Å². The topological polar surface area (TPSA) is 150 Å². The number of nitrogens with zero attached hydrogens (tertiary/aromatic N) is 4. The Labute approximate surface area is 218 Å². The number of hydrogen-bond acceptors (Lipinski definition) is 8. The van der Waals surface area contributed by atoms with Crippen LogP contribution in [0.3, 0.4) is 0 Å². The summed E-state index contributed by atoms with van der Waals surface area (Å²) in [5.74, 6) is 0. The fraction of sp³-hybridized carbons (Fsp3) is 0.300. The van der Waals surface area contributed by atoms with Gasteiger partial charge in [-0.3, -0.25) is 20.2 Å². The van der Waals surface area contributed by atoms with Gasteiger partial charge in [-0.2, -0.15) is 0 Å². The van der Waals surface area contributed by atoms with Gasteiger partial charge >= 0.3 is 0 Å². The molecule has 0 bridgehead atoms. The Morgan fingerprint density at radius 3 is 1.76 bits per heavy atom. The molecule has 0 unspecified atom stereocenters. The quantitative estimate of drug-likeness (QED) is 0.231. The minimum absolute atomic E-state index is 0. The van der Waals surface area contributed by atoms with E-state index in [1.165, 1.54) is 6.20 Å². The summed E-state index contributed by atoms with van der Waals surface area (Å²) in [6, 6.07) is 3.21. The molecule has 2 aromatic rings. The molecule has 0 radical (unpaired) electrons. The van der Waals surface area contributed by atoms with Crippen molar-refractivity contribution in [3.8, 4) is 0 Å². The van der Waals surface area contributed by atoms with E-state index in [0.717, 1.165) is 18.0 Å². The lowest BCUT2D eigenvalue weighted by Crippen LogP contribution is -2.15. The lowest BCUT2D eigenvalue weighted by molar-refractivity contribution is -0.403. The first kappa shape index (κ1) is 33.5. The molecule has 0 fully saturated rings. The van der Waals surface area contributed by atoms with E-state index in [1.807, 2.05) is 6.92 Å². The van der Waals surface area contributed by atoms with Gasteiger partial charge in [-0.05, 0) is 30.2 Å². The molecule has 2 aromatic heterocycles. The number of rotatable bonds is 8. The van der Waals surface area contributed by atoms with E-state index in [4.69, 9.17) is 52.1 Å². The molecule has 0 spiro atoms. The molecule has 2 rings (SSSR count). The highest BCUT2D eigenvalue weighted by atomic mass is 35.5. The van der Waals surface area contributed by atoms with Crippen molar-refractivity contribution >= 4 is 46.4 Å². The third-order valence-electron chi connectivity index (χ3n) is 3.44. The predicted molar refractivity (Wildman–Crippen MR) is 137 cm³/mol. The smallest absolute Gasteiger partial charge is 0.253 e. The predicted octanol–water partition coefficient (Wildman–Crippen LogP) is 5.94. The van der Waals surface area contributed by atoms with Crippen LogP contribution in [0.2, 0.25) is 20.4 Å². The molecular weight excluding hydrogens is 530 g/mol. The zero-order valence-electron chi connectivity index (χ0n) is 16.6. The fourth-order valence-corrected chi connectivity index (χ4v) is 2.84. The number of nitrogens with one attached hydrogen (secondary N) is 1. The Kier molecular flexibility index (Phi) is 16.6. The van der Waals surface area contributed by atoms with Crippen LogP contribution in [0.25, 0.3) is 0 Å². The van der Waals surface area contributed by atoms with Gasteiger partial charge in [0.1, 0.15) is 10.3 Å². The van der Waals surface area contributed by atoms with Gasteiger partial charge in [0.15, 0.2) is 0 Å². The summed E-state index contributed by atoms with van der Waals surface area (Å²) in [6.07, 6.45) is 5.26. The number of nitro groups is 2. The van der Waals surface area contributed by atoms with Crippen molar-refractivity contribution < 1.29 is 9.85 Å². The largest absolute Gasteiger partial charge is 0.397 e.